The second-order valence-electron chi connectivity index (χ2n) is 4.68. The molecule has 1 heterocycles. The normalized spacial score (nSPS) is 11.0. The number of nitrogens with one attached hydrogen (secondary N) is 1. The molecule has 0 fully saturated rings. The molecule has 0 saturated heterocycles. The van der Waals surface area contributed by atoms with Gasteiger partial charge >= 0.3 is 0 Å². The number of halogens is 1. The van der Waals surface area contributed by atoms with Gasteiger partial charge in [0.1, 0.15) is 5.82 Å². The van der Waals surface area contributed by atoms with Crippen LogP contribution in [0.5, 0.6) is 0 Å². The first kappa shape index (κ1) is 16.2. The van der Waals surface area contributed by atoms with Gasteiger partial charge in [-0.2, -0.15) is 0 Å². The molecule has 0 bridgehead atoms. The molecule has 0 aliphatic rings. The Bertz CT molecular complexity index is 374. The lowest BCUT2D eigenvalue weighted by Crippen LogP contribution is -2.20. The Morgan fingerprint density at radius 1 is 1.32 bits per heavy atom. The molecule has 0 saturated carbocycles. The van der Waals surface area contributed by atoms with Crippen LogP contribution in [0.4, 0.5) is 5.82 Å². The van der Waals surface area contributed by atoms with Gasteiger partial charge in [-0.25, -0.2) is 4.98 Å². The predicted octanol–water partition coefficient (Wildman–Crippen LogP) is 2.76. The first-order valence-electron chi connectivity index (χ1n) is 6.86. The van der Waals surface area contributed by atoms with Crippen LogP contribution in [0.1, 0.15) is 31.9 Å². The third kappa shape index (κ3) is 6.23. The van der Waals surface area contributed by atoms with Gasteiger partial charge < -0.3 is 15.3 Å². The number of nitrogens with zero attached hydrogens (tertiary/aromatic N) is 2. The van der Waals surface area contributed by atoms with Crippen LogP contribution in [0.25, 0.3) is 0 Å². The molecule has 0 aromatic carbocycles. The average molecular weight is 286 g/mol. The molecule has 5 heteroatoms. The number of aliphatic hydroxyl groups is 1. The standard InChI is InChI=1S/C14H24ClN3O/c1-3-16-14-8-7-12(15)13(17-14)11-18(2)9-5-4-6-10-19/h7-8,19H,3-6,9-11H2,1-2H3,(H,16,17). The minimum Gasteiger partial charge on any atom is -0.396 e. The molecule has 1 aromatic rings. The maximum atomic E-state index is 8.74. The second-order valence-corrected chi connectivity index (χ2v) is 5.08. The van der Waals surface area contributed by atoms with Gasteiger partial charge in [0.2, 0.25) is 0 Å². The maximum absolute atomic E-state index is 8.74. The van der Waals surface area contributed by atoms with Crippen molar-refractivity contribution >= 4 is 17.4 Å². The van der Waals surface area contributed by atoms with E-state index < -0.39 is 0 Å². The van der Waals surface area contributed by atoms with Crippen LogP contribution in [-0.4, -0.2) is 41.7 Å². The molecule has 4 nitrogen and oxygen atoms in total. The van der Waals surface area contributed by atoms with Crippen LogP contribution >= 0.6 is 11.6 Å². The quantitative estimate of drug-likeness (QED) is 0.685. The molecule has 2 N–H and O–H groups in total. The number of aliphatic hydroxyl groups excluding tert-OH is 1. The molecule has 0 amide bonds. The fourth-order valence-corrected chi connectivity index (χ4v) is 2.04. The Balaban J connectivity index is 2.48. The summed E-state index contributed by atoms with van der Waals surface area (Å²) in [6.07, 6.45) is 3.02. The van der Waals surface area contributed by atoms with E-state index >= 15 is 0 Å². The summed E-state index contributed by atoms with van der Waals surface area (Å²) >= 11 is 6.17. The Morgan fingerprint density at radius 3 is 2.79 bits per heavy atom. The lowest BCUT2D eigenvalue weighted by Gasteiger charge is -2.17. The summed E-state index contributed by atoms with van der Waals surface area (Å²) < 4.78 is 0. The molecule has 0 aliphatic carbocycles. The van der Waals surface area contributed by atoms with E-state index in [9.17, 15) is 0 Å². The molecule has 1 rings (SSSR count). The maximum Gasteiger partial charge on any atom is 0.126 e. The Hall–Kier alpha value is -0.840. The minimum atomic E-state index is 0.280. The van der Waals surface area contributed by atoms with Gasteiger partial charge in [-0.15, -0.1) is 0 Å². The number of hydrogen-bond donors (Lipinski definition) is 2. The van der Waals surface area contributed by atoms with E-state index in [0.717, 1.165) is 50.4 Å². The van der Waals surface area contributed by atoms with Crippen molar-refractivity contribution in [2.45, 2.75) is 32.7 Å². The fraction of sp³-hybridized carbons (Fsp3) is 0.643. The predicted molar refractivity (Wildman–Crippen MR) is 80.7 cm³/mol. The van der Waals surface area contributed by atoms with Crippen molar-refractivity contribution in [2.24, 2.45) is 0 Å². The van der Waals surface area contributed by atoms with Crippen LogP contribution in [0, 0.1) is 0 Å². The number of pyridine rings is 1. The highest BCUT2D eigenvalue weighted by Crippen LogP contribution is 2.18. The second kappa shape index (κ2) is 9.13. The van der Waals surface area contributed by atoms with E-state index in [0.29, 0.717) is 5.02 Å². The van der Waals surface area contributed by atoms with E-state index in [1.54, 1.807) is 0 Å². The minimum absolute atomic E-state index is 0.280. The van der Waals surface area contributed by atoms with Gasteiger partial charge in [0.15, 0.2) is 0 Å². The molecule has 0 unspecified atom stereocenters. The number of rotatable bonds is 9. The summed E-state index contributed by atoms with van der Waals surface area (Å²) in [6.45, 7) is 4.91. The van der Waals surface area contributed by atoms with Gasteiger partial charge in [0, 0.05) is 19.7 Å². The zero-order chi connectivity index (χ0) is 14.1. The summed E-state index contributed by atoms with van der Waals surface area (Å²) in [5.74, 6) is 0.871. The molecule has 0 radical (unpaired) electrons. The van der Waals surface area contributed by atoms with E-state index in [2.05, 4.69) is 22.2 Å². The third-order valence-corrected chi connectivity index (χ3v) is 3.24. The largest absolute Gasteiger partial charge is 0.396 e. The summed E-state index contributed by atoms with van der Waals surface area (Å²) in [4.78, 5) is 6.73. The van der Waals surface area contributed by atoms with Crippen molar-refractivity contribution < 1.29 is 5.11 Å². The van der Waals surface area contributed by atoms with E-state index in [4.69, 9.17) is 16.7 Å². The van der Waals surface area contributed by atoms with E-state index in [-0.39, 0.29) is 6.61 Å². The van der Waals surface area contributed by atoms with Crippen LogP contribution in [-0.2, 0) is 6.54 Å². The zero-order valence-electron chi connectivity index (χ0n) is 11.8. The van der Waals surface area contributed by atoms with Crippen molar-refractivity contribution in [2.75, 3.05) is 32.1 Å². The lowest BCUT2D eigenvalue weighted by molar-refractivity contribution is 0.270. The van der Waals surface area contributed by atoms with Gasteiger partial charge in [0.25, 0.3) is 0 Å². The molecule has 1 aromatic heterocycles. The highest BCUT2D eigenvalue weighted by Gasteiger charge is 2.07. The summed E-state index contributed by atoms with van der Waals surface area (Å²) in [5.41, 5.74) is 0.907. The van der Waals surface area contributed by atoms with Crippen LogP contribution in [0.3, 0.4) is 0 Å². The number of anilines is 1. The van der Waals surface area contributed by atoms with Gasteiger partial charge in [-0.05, 0) is 51.9 Å². The molecular formula is C14H24ClN3O. The summed E-state index contributed by atoms with van der Waals surface area (Å²) in [5, 5.41) is 12.6. The molecular weight excluding hydrogens is 262 g/mol. The van der Waals surface area contributed by atoms with Crippen LogP contribution in [0.2, 0.25) is 5.02 Å². The monoisotopic (exact) mass is 285 g/mol. The Kier molecular flexibility index (Phi) is 7.79. The number of unbranched alkanes of at least 4 members (excludes halogenated alkanes) is 2. The van der Waals surface area contributed by atoms with Gasteiger partial charge in [-0.1, -0.05) is 11.6 Å². The van der Waals surface area contributed by atoms with Crippen molar-refractivity contribution in [3.8, 4) is 0 Å². The van der Waals surface area contributed by atoms with Crippen molar-refractivity contribution in [3.63, 3.8) is 0 Å². The Morgan fingerprint density at radius 2 is 2.11 bits per heavy atom. The fourth-order valence-electron chi connectivity index (χ4n) is 1.88. The SMILES string of the molecule is CCNc1ccc(Cl)c(CN(C)CCCCCO)n1. The average Bonchev–Trinajstić information content (AvgIpc) is 2.39. The van der Waals surface area contributed by atoms with Crippen molar-refractivity contribution in [1.82, 2.24) is 9.88 Å². The zero-order valence-corrected chi connectivity index (χ0v) is 12.6. The number of hydrogen-bond acceptors (Lipinski definition) is 4. The van der Waals surface area contributed by atoms with Crippen LogP contribution < -0.4 is 5.32 Å². The molecule has 19 heavy (non-hydrogen) atoms. The first-order valence-corrected chi connectivity index (χ1v) is 7.23. The molecule has 108 valence electrons. The smallest absolute Gasteiger partial charge is 0.126 e. The molecule has 0 aliphatic heterocycles. The number of aromatic nitrogens is 1. The summed E-state index contributed by atoms with van der Waals surface area (Å²) in [7, 11) is 2.07. The van der Waals surface area contributed by atoms with E-state index in [1.165, 1.54) is 0 Å². The topological polar surface area (TPSA) is 48.4 Å². The van der Waals surface area contributed by atoms with Crippen molar-refractivity contribution in [1.29, 1.82) is 0 Å². The van der Waals surface area contributed by atoms with E-state index in [1.807, 2.05) is 19.1 Å². The van der Waals surface area contributed by atoms with Gasteiger partial charge in [-0.3, -0.25) is 0 Å². The molecule has 0 spiro atoms. The Labute approximate surface area is 120 Å². The van der Waals surface area contributed by atoms with Gasteiger partial charge in [0.05, 0.1) is 10.7 Å². The highest BCUT2D eigenvalue weighted by molar-refractivity contribution is 6.31. The highest BCUT2D eigenvalue weighted by atomic mass is 35.5. The lowest BCUT2D eigenvalue weighted by atomic mass is 10.2. The third-order valence-electron chi connectivity index (χ3n) is 2.89. The first-order chi connectivity index (χ1) is 9.17. The van der Waals surface area contributed by atoms with Crippen LogP contribution in [0.15, 0.2) is 12.1 Å². The molecule has 0 atom stereocenters. The summed E-state index contributed by atoms with van der Waals surface area (Å²) in [6, 6.07) is 3.79. The van der Waals surface area contributed by atoms with Crippen molar-refractivity contribution in [3.05, 3.63) is 22.8 Å².